The summed E-state index contributed by atoms with van der Waals surface area (Å²) in [7, 11) is 0. The SMILES string of the molecule is Cc1ccc2oc(N3CCN(c4cc(C)c(O)c(C)c4)CC3)nc2c1. The standard InChI is InChI=1S/C20H23N3O2/c1-13-4-5-18-17(10-13)21-20(25-18)23-8-6-22(7-9-23)16-11-14(2)19(24)15(3)12-16/h4-5,10-12,24H,6-9H2,1-3H3. The largest absolute Gasteiger partial charge is 0.507 e. The summed E-state index contributed by atoms with van der Waals surface area (Å²) in [6, 6.07) is 10.9. The van der Waals surface area contributed by atoms with Gasteiger partial charge in [-0.1, -0.05) is 6.07 Å². The van der Waals surface area contributed by atoms with Crippen LogP contribution in [-0.2, 0) is 0 Å². The number of piperazine rings is 1. The van der Waals surface area contributed by atoms with E-state index in [0.29, 0.717) is 11.8 Å². The van der Waals surface area contributed by atoms with E-state index in [0.717, 1.165) is 48.4 Å². The molecular weight excluding hydrogens is 314 g/mol. The number of hydrogen-bond donors (Lipinski definition) is 1. The molecule has 2 heterocycles. The monoisotopic (exact) mass is 337 g/mol. The number of fused-ring (bicyclic) bond motifs is 1. The Balaban J connectivity index is 1.50. The van der Waals surface area contributed by atoms with Gasteiger partial charge in [0, 0.05) is 31.9 Å². The van der Waals surface area contributed by atoms with Crippen molar-refractivity contribution in [2.45, 2.75) is 20.8 Å². The summed E-state index contributed by atoms with van der Waals surface area (Å²) in [5.41, 5.74) is 5.96. The van der Waals surface area contributed by atoms with E-state index in [-0.39, 0.29) is 0 Å². The van der Waals surface area contributed by atoms with Gasteiger partial charge in [-0.05, 0) is 61.7 Å². The molecule has 0 amide bonds. The van der Waals surface area contributed by atoms with Gasteiger partial charge in [0.05, 0.1) is 0 Å². The number of benzene rings is 2. The quantitative estimate of drug-likeness (QED) is 0.771. The molecule has 0 bridgehead atoms. The zero-order valence-electron chi connectivity index (χ0n) is 14.9. The van der Waals surface area contributed by atoms with Crippen molar-refractivity contribution in [2.75, 3.05) is 36.0 Å². The molecule has 4 rings (SSSR count). The fraction of sp³-hybridized carbons (Fsp3) is 0.350. The van der Waals surface area contributed by atoms with E-state index in [1.165, 1.54) is 11.3 Å². The summed E-state index contributed by atoms with van der Waals surface area (Å²) < 4.78 is 5.92. The first-order chi connectivity index (χ1) is 12.0. The Morgan fingerprint density at radius 2 is 1.56 bits per heavy atom. The number of rotatable bonds is 2. The Morgan fingerprint density at radius 3 is 2.24 bits per heavy atom. The van der Waals surface area contributed by atoms with Crippen molar-refractivity contribution in [1.29, 1.82) is 0 Å². The van der Waals surface area contributed by atoms with Gasteiger partial charge in [-0.3, -0.25) is 0 Å². The second-order valence-electron chi connectivity index (χ2n) is 6.87. The van der Waals surface area contributed by atoms with Crippen LogP contribution in [0.5, 0.6) is 5.75 Å². The molecule has 5 heteroatoms. The molecule has 0 spiro atoms. The Kier molecular flexibility index (Phi) is 3.79. The number of phenols is 1. The molecule has 1 aromatic heterocycles. The highest BCUT2D eigenvalue weighted by Gasteiger charge is 2.22. The van der Waals surface area contributed by atoms with Gasteiger partial charge in [0.15, 0.2) is 5.58 Å². The Bertz CT molecular complexity index is 901. The van der Waals surface area contributed by atoms with Crippen LogP contribution in [0.1, 0.15) is 16.7 Å². The van der Waals surface area contributed by atoms with Crippen LogP contribution in [-0.4, -0.2) is 36.3 Å². The highest BCUT2D eigenvalue weighted by Crippen LogP contribution is 2.29. The molecule has 0 aliphatic carbocycles. The average molecular weight is 337 g/mol. The number of anilines is 2. The predicted molar refractivity (Wildman–Crippen MR) is 101 cm³/mol. The molecule has 0 atom stereocenters. The minimum absolute atomic E-state index is 0.393. The van der Waals surface area contributed by atoms with E-state index in [1.54, 1.807) is 0 Å². The Labute approximate surface area is 147 Å². The highest BCUT2D eigenvalue weighted by atomic mass is 16.4. The lowest BCUT2D eigenvalue weighted by molar-refractivity contribution is 0.466. The first kappa shape index (κ1) is 15.8. The maximum absolute atomic E-state index is 9.96. The smallest absolute Gasteiger partial charge is 0.298 e. The van der Waals surface area contributed by atoms with Crippen molar-refractivity contribution in [3.05, 3.63) is 47.0 Å². The van der Waals surface area contributed by atoms with Crippen LogP contribution in [0.25, 0.3) is 11.1 Å². The molecule has 1 aliphatic rings. The summed E-state index contributed by atoms with van der Waals surface area (Å²) in [6.45, 7) is 9.50. The number of aromatic hydroxyl groups is 1. The van der Waals surface area contributed by atoms with Gasteiger partial charge in [0.2, 0.25) is 0 Å². The van der Waals surface area contributed by atoms with Gasteiger partial charge in [0.25, 0.3) is 6.01 Å². The highest BCUT2D eigenvalue weighted by molar-refractivity contribution is 5.75. The van der Waals surface area contributed by atoms with Crippen molar-refractivity contribution in [3.8, 4) is 5.75 Å². The van der Waals surface area contributed by atoms with Crippen LogP contribution in [0.4, 0.5) is 11.7 Å². The second kappa shape index (κ2) is 5.99. The van der Waals surface area contributed by atoms with Gasteiger partial charge < -0.3 is 19.3 Å². The first-order valence-corrected chi connectivity index (χ1v) is 8.68. The number of hydrogen-bond acceptors (Lipinski definition) is 5. The summed E-state index contributed by atoms with van der Waals surface area (Å²) in [5, 5.41) is 9.96. The van der Waals surface area contributed by atoms with Crippen LogP contribution in [0.2, 0.25) is 0 Å². The van der Waals surface area contributed by atoms with E-state index in [1.807, 2.05) is 26.0 Å². The van der Waals surface area contributed by atoms with Gasteiger partial charge in [-0.2, -0.15) is 4.98 Å². The summed E-state index contributed by atoms with van der Waals surface area (Å²) >= 11 is 0. The minimum Gasteiger partial charge on any atom is -0.507 e. The molecule has 3 aromatic rings. The molecule has 0 unspecified atom stereocenters. The number of phenolic OH excluding ortho intramolecular Hbond substituents is 1. The van der Waals surface area contributed by atoms with Crippen LogP contribution in [0.3, 0.4) is 0 Å². The molecule has 25 heavy (non-hydrogen) atoms. The van der Waals surface area contributed by atoms with Crippen molar-refractivity contribution < 1.29 is 9.52 Å². The van der Waals surface area contributed by atoms with E-state index in [9.17, 15) is 5.11 Å². The third-order valence-corrected chi connectivity index (χ3v) is 4.92. The zero-order chi connectivity index (χ0) is 17.6. The Morgan fingerprint density at radius 1 is 0.920 bits per heavy atom. The molecule has 0 radical (unpaired) electrons. The van der Waals surface area contributed by atoms with Gasteiger partial charge in [-0.15, -0.1) is 0 Å². The topological polar surface area (TPSA) is 52.7 Å². The lowest BCUT2D eigenvalue weighted by Gasteiger charge is -2.35. The van der Waals surface area contributed by atoms with Crippen LogP contribution >= 0.6 is 0 Å². The normalized spacial score (nSPS) is 15.2. The molecule has 5 nitrogen and oxygen atoms in total. The van der Waals surface area contributed by atoms with Crippen molar-refractivity contribution >= 4 is 22.8 Å². The summed E-state index contributed by atoms with van der Waals surface area (Å²) in [4.78, 5) is 9.19. The fourth-order valence-electron chi connectivity index (χ4n) is 3.43. The third kappa shape index (κ3) is 2.90. The van der Waals surface area contributed by atoms with E-state index in [4.69, 9.17) is 4.42 Å². The average Bonchev–Trinajstić information content (AvgIpc) is 3.02. The maximum atomic E-state index is 9.96. The van der Waals surface area contributed by atoms with E-state index in [2.05, 4.69) is 39.9 Å². The molecular formula is C20H23N3O2. The van der Waals surface area contributed by atoms with Crippen LogP contribution in [0.15, 0.2) is 34.7 Å². The number of aryl methyl sites for hydroxylation is 3. The molecule has 2 aromatic carbocycles. The number of aromatic nitrogens is 1. The van der Waals surface area contributed by atoms with E-state index < -0.39 is 0 Å². The molecule has 0 saturated carbocycles. The van der Waals surface area contributed by atoms with Crippen molar-refractivity contribution in [3.63, 3.8) is 0 Å². The summed E-state index contributed by atoms with van der Waals surface area (Å²) in [5.74, 6) is 0.393. The summed E-state index contributed by atoms with van der Waals surface area (Å²) in [6.07, 6.45) is 0. The van der Waals surface area contributed by atoms with Crippen LogP contribution < -0.4 is 9.80 Å². The zero-order valence-corrected chi connectivity index (χ0v) is 14.9. The maximum Gasteiger partial charge on any atom is 0.298 e. The minimum atomic E-state index is 0.393. The Hall–Kier alpha value is -2.69. The molecule has 1 fully saturated rings. The lowest BCUT2D eigenvalue weighted by atomic mass is 10.1. The second-order valence-corrected chi connectivity index (χ2v) is 6.87. The van der Waals surface area contributed by atoms with Crippen LogP contribution in [0, 0.1) is 20.8 Å². The predicted octanol–water partition coefficient (Wildman–Crippen LogP) is 3.79. The van der Waals surface area contributed by atoms with Crippen molar-refractivity contribution in [2.24, 2.45) is 0 Å². The first-order valence-electron chi connectivity index (χ1n) is 8.68. The lowest BCUT2D eigenvalue weighted by Crippen LogP contribution is -2.46. The number of nitrogens with zero attached hydrogens (tertiary/aromatic N) is 3. The molecule has 1 N–H and O–H groups in total. The fourth-order valence-corrected chi connectivity index (χ4v) is 3.43. The molecule has 1 saturated heterocycles. The number of oxazole rings is 1. The molecule has 1 aliphatic heterocycles. The molecule has 130 valence electrons. The van der Waals surface area contributed by atoms with Crippen molar-refractivity contribution in [1.82, 2.24) is 4.98 Å². The van der Waals surface area contributed by atoms with Gasteiger partial charge >= 0.3 is 0 Å². The van der Waals surface area contributed by atoms with Gasteiger partial charge in [0.1, 0.15) is 11.3 Å². The van der Waals surface area contributed by atoms with Gasteiger partial charge in [-0.25, -0.2) is 0 Å². The third-order valence-electron chi connectivity index (χ3n) is 4.92. The van der Waals surface area contributed by atoms with E-state index >= 15 is 0 Å².